The molecule has 0 fully saturated rings. The second kappa shape index (κ2) is 4.75. The monoisotopic (exact) mass is 204 g/mol. The van der Waals surface area contributed by atoms with E-state index >= 15 is 0 Å². The quantitative estimate of drug-likeness (QED) is 0.626. The number of hydrogen-bond donors (Lipinski definition) is 2. The van der Waals surface area contributed by atoms with Gasteiger partial charge in [-0.3, -0.25) is 4.79 Å². The van der Waals surface area contributed by atoms with Crippen molar-refractivity contribution in [2.45, 2.75) is 32.3 Å². The predicted octanol–water partition coefficient (Wildman–Crippen LogP) is 0.698. The number of carboxylic acids is 1. The van der Waals surface area contributed by atoms with Gasteiger partial charge in [0, 0.05) is 6.42 Å². The van der Waals surface area contributed by atoms with Gasteiger partial charge in [-0.05, 0) is 13.8 Å². The Hall–Kier alpha value is -0.610. The van der Waals surface area contributed by atoms with Crippen LogP contribution >= 0.6 is 0 Å². The summed E-state index contributed by atoms with van der Waals surface area (Å²) in [6, 6.07) is 0. The lowest BCUT2D eigenvalue weighted by Crippen LogP contribution is -2.44. The highest BCUT2D eigenvalue weighted by Gasteiger charge is 2.21. The van der Waals surface area contributed by atoms with Crippen molar-refractivity contribution in [3.05, 3.63) is 0 Å². The molecule has 0 aromatic carbocycles. The lowest BCUT2D eigenvalue weighted by molar-refractivity contribution is -0.890. The van der Waals surface area contributed by atoms with Crippen molar-refractivity contribution < 1.29 is 19.5 Å². The average molecular weight is 204 g/mol. The van der Waals surface area contributed by atoms with Gasteiger partial charge in [0.15, 0.2) is 0 Å². The van der Waals surface area contributed by atoms with Crippen LogP contribution in [0.3, 0.4) is 0 Å². The van der Waals surface area contributed by atoms with E-state index in [0.29, 0.717) is 17.4 Å². The smallest absolute Gasteiger partial charge is 0.309 e. The number of quaternary nitrogens is 1. The molecule has 0 unspecified atom stereocenters. The molecule has 4 nitrogen and oxygen atoms in total. The lowest BCUT2D eigenvalue weighted by Gasteiger charge is -2.31. The zero-order valence-corrected chi connectivity index (χ0v) is 9.58. The summed E-state index contributed by atoms with van der Waals surface area (Å²) < 4.78 is 0.635. The molecule has 0 aromatic rings. The molecule has 0 bridgehead atoms. The highest BCUT2D eigenvalue weighted by Crippen LogP contribution is 2.11. The Bertz CT molecular complexity index is 194. The zero-order valence-electron chi connectivity index (χ0n) is 9.58. The Morgan fingerprint density at radius 2 is 1.79 bits per heavy atom. The van der Waals surface area contributed by atoms with Crippen LogP contribution < -0.4 is 0 Å². The summed E-state index contributed by atoms with van der Waals surface area (Å²) in [5.74, 6) is -0.764. The van der Waals surface area contributed by atoms with Gasteiger partial charge in [0.2, 0.25) is 0 Å². The summed E-state index contributed by atoms with van der Waals surface area (Å²) in [6.45, 7) is 4.93. The van der Waals surface area contributed by atoms with E-state index in [2.05, 4.69) is 0 Å². The van der Waals surface area contributed by atoms with E-state index in [9.17, 15) is 9.90 Å². The van der Waals surface area contributed by atoms with Crippen molar-refractivity contribution >= 4 is 5.97 Å². The Balaban J connectivity index is 3.89. The fourth-order valence-corrected chi connectivity index (χ4v) is 1.09. The Labute approximate surface area is 85.7 Å². The second-order valence-electron chi connectivity index (χ2n) is 5.09. The molecule has 84 valence electrons. The lowest BCUT2D eigenvalue weighted by atomic mass is 10.1. The van der Waals surface area contributed by atoms with E-state index in [1.165, 1.54) is 0 Å². The van der Waals surface area contributed by atoms with E-state index in [4.69, 9.17) is 5.11 Å². The Kier molecular flexibility index (Phi) is 4.55. The molecule has 0 aliphatic carbocycles. The molecule has 2 N–H and O–H groups in total. The molecular weight excluding hydrogens is 182 g/mol. The molecule has 0 atom stereocenters. The van der Waals surface area contributed by atoms with Gasteiger partial charge in [-0.15, -0.1) is 0 Å². The van der Waals surface area contributed by atoms with Crippen molar-refractivity contribution in [1.29, 1.82) is 0 Å². The maximum atomic E-state index is 10.4. The molecule has 0 aliphatic rings. The van der Waals surface area contributed by atoms with Gasteiger partial charge >= 0.3 is 5.97 Å². The molecular formula is C10H22NO3+. The number of nitrogens with zero attached hydrogens (tertiary/aromatic N) is 1. The van der Waals surface area contributed by atoms with Crippen LogP contribution in [-0.4, -0.2) is 53.5 Å². The first-order valence-corrected chi connectivity index (χ1v) is 4.89. The SMILES string of the molecule is CC(C)(O)CC[N+](C)(C)CCC(=O)O. The minimum Gasteiger partial charge on any atom is -0.481 e. The number of carbonyl (C=O) groups is 1. The summed E-state index contributed by atoms with van der Waals surface area (Å²) in [6.07, 6.45) is 0.860. The van der Waals surface area contributed by atoms with Gasteiger partial charge in [-0.2, -0.15) is 0 Å². The van der Waals surface area contributed by atoms with Crippen molar-refractivity contribution in [2.75, 3.05) is 27.2 Å². The number of hydrogen-bond acceptors (Lipinski definition) is 2. The highest BCUT2D eigenvalue weighted by atomic mass is 16.4. The summed E-state index contributed by atoms with van der Waals surface area (Å²) in [4.78, 5) is 10.4. The standard InChI is InChI=1S/C10H21NO3/c1-10(2,14)6-8-11(3,4)7-5-9(12)13/h14H,5-8H2,1-4H3/p+1. The molecule has 14 heavy (non-hydrogen) atoms. The Morgan fingerprint density at radius 3 is 2.14 bits per heavy atom. The summed E-state index contributed by atoms with van der Waals surface area (Å²) in [5.41, 5.74) is -0.668. The molecule has 0 spiro atoms. The molecule has 0 amide bonds. The number of rotatable bonds is 6. The molecule has 4 heteroatoms. The van der Waals surface area contributed by atoms with Crippen LogP contribution in [0.25, 0.3) is 0 Å². The normalized spacial score (nSPS) is 12.9. The predicted molar refractivity (Wildman–Crippen MR) is 55.0 cm³/mol. The molecule has 0 aromatic heterocycles. The van der Waals surface area contributed by atoms with Gasteiger partial charge in [-0.25, -0.2) is 0 Å². The first-order chi connectivity index (χ1) is 6.12. The third-order valence-corrected chi connectivity index (χ3v) is 2.26. The van der Waals surface area contributed by atoms with Gasteiger partial charge < -0.3 is 14.7 Å². The van der Waals surface area contributed by atoms with Crippen LogP contribution in [0.1, 0.15) is 26.7 Å². The van der Waals surface area contributed by atoms with Crippen molar-refractivity contribution in [2.24, 2.45) is 0 Å². The minimum absolute atomic E-state index is 0.179. The van der Waals surface area contributed by atoms with Crippen LogP contribution in [0.2, 0.25) is 0 Å². The van der Waals surface area contributed by atoms with Crippen LogP contribution in [0.15, 0.2) is 0 Å². The first-order valence-electron chi connectivity index (χ1n) is 4.89. The third kappa shape index (κ3) is 8.01. The molecule has 0 saturated carbocycles. The first kappa shape index (κ1) is 13.4. The molecule has 0 saturated heterocycles. The maximum absolute atomic E-state index is 10.4. The fraction of sp³-hybridized carbons (Fsp3) is 0.900. The van der Waals surface area contributed by atoms with Gasteiger partial charge in [-0.1, -0.05) is 0 Å². The zero-order chi connectivity index (χ0) is 11.4. The largest absolute Gasteiger partial charge is 0.481 e. The minimum atomic E-state index is -0.764. The second-order valence-corrected chi connectivity index (χ2v) is 5.09. The number of aliphatic hydroxyl groups is 1. The number of carboxylic acid groups (broad SMARTS) is 1. The molecule has 0 heterocycles. The molecule has 0 rings (SSSR count). The van der Waals surface area contributed by atoms with Crippen LogP contribution in [0.4, 0.5) is 0 Å². The third-order valence-electron chi connectivity index (χ3n) is 2.26. The van der Waals surface area contributed by atoms with Crippen LogP contribution in [0, 0.1) is 0 Å². The Morgan fingerprint density at radius 1 is 1.29 bits per heavy atom. The summed E-state index contributed by atoms with van der Waals surface area (Å²) >= 11 is 0. The highest BCUT2D eigenvalue weighted by molar-refractivity contribution is 5.66. The van der Waals surface area contributed by atoms with Gasteiger partial charge in [0.05, 0.1) is 39.2 Å². The van der Waals surface area contributed by atoms with E-state index in [-0.39, 0.29) is 6.42 Å². The van der Waals surface area contributed by atoms with E-state index < -0.39 is 11.6 Å². The fourth-order valence-electron chi connectivity index (χ4n) is 1.09. The summed E-state index contributed by atoms with van der Waals surface area (Å²) in [7, 11) is 3.96. The number of aliphatic carboxylic acids is 1. The van der Waals surface area contributed by atoms with Crippen molar-refractivity contribution in [3.63, 3.8) is 0 Å². The van der Waals surface area contributed by atoms with E-state index in [1.807, 2.05) is 14.1 Å². The van der Waals surface area contributed by atoms with Crippen molar-refractivity contribution in [1.82, 2.24) is 0 Å². The average Bonchev–Trinajstić information content (AvgIpc) is 1.97. The topological polar surface area (TPSA) is 57.5 Å². The van der Waals surface area contributed by atoms with Crippen LogP contribution in [0.5, 0.6) is 0 Å². The van der Waals surface area contributed by atoms with E-state index in [1.54, 1.807) is 13.8 Å². The van der Waals surface area contributed by atoms with Crippen LogP contribution in [-0.2, 0) is 4.79 Å². The molecule has 0 radical (unpaired) electrons. The van der Waals surface area contributed by atoms with E-state index in [0.717, 1.165) is 6.54 Å². The van der Waals surface area contributed by atoms with Crippen molar-refractivity contribution in [3.8, 4) is 0 Å². The summed E-state index contributed by atoms with van der Waals surface area (Å²) in [5, 5.41) is 18.1. The molecule has 0 aliphatic heterocycles. The maximum Gasteiger partial charge on any atom is 0.309 e. The van der Waals surface area contributed by atoms with Gasteiger partial charge in [0.1, 0.15) is 0 Å². The van der Waals surface area contributed by atoms with Gasteiger partial charge in [0.25, 0.3) is 0 Å².